The van der Waals surface area contributed by atoms with Crippen LogP contribution in [0.5, 0.6) is 0 Å². The zero-order chi connectivity index (χ0) is 15.5. The summed E-state index contributed by atoms with van der Waals surface area (Å²) in [5.41, 5.74) is 0.629. The number of hydrogen-bond donors (Lipinski definition) is 2. The average Bonchev–Trinajstić information content (AvgIpc) is 2.88. The van der Waals surface area contributed by atoms with Gasteiger partial charge in [-0.05, 0) is 5.56 Å². The van der Waals surface area contributed by atoms with Crippen LogP contribution in [0.2, 0.25) is 0 Å². The topological polar surface area (TPSA) is 75.1 Å². The number of hydrogen-bond acceptors (Lipinski definition) is 5. The van der Waals surface area contributed by atoms with Crippen LogP contribution in [0, 0.1) is 0 Å². The van der Waals surface area contributed by atoms with E-state index in [2.05, 4.69) is 15.5 Å². The van der Waals surface area contributed by atoms with Crippen molar-refractivity contribution in [1.29, 1.82) is 0 Å². The van der Waals surface area contributed by atoms with Gasteiger partial charge in [0, 0.05) is 5.41 Å². The summed E-state index contributed by atoms with van der Waals surface area (Å²) in [7, 11) is 0. The summed E-state index contributed by atoms with van der Waals surface area (Å²) in [5.74, 6) is -0.275. The highest BCUT2D eigenvalue weighted by Gasteiger charge is 2.20. The SMILES string of the molecule is CC(C)(C)c1nnc(NC(=O)CC(O)c2ccccc2)s1. The lowest BCUT2D eigenvalue weighted by Crippen LogP contribution is -2.15. The van der Waals surface area contributed by atoms with Crippen LogP contribution in [0.4, 0.5) is 5.13 Å². The molecule has 0 fully saturated rings. The number of nitrogens with one attached hydrogen (secondary N) is 1. The Bertz CT molecular complexity index is 605. The molecule has 1 unspecified atom stereocenters. The van der Waals surface area contributed by atoms with Crippen LogP contribution in [-0.4, -0.2) is 21.2 Å². The van der Waals surface area contributed by atoms with Crippen LogP contribution < -0.4 is 5.32 Å². The van der Waals surface area contributed by atoms with Gasteiger partial charge in [0.1, 0.15) is 5.01 Å². The fourth-order valence-electron chi connectivity index (χ4n) is 1.72. The van der Waals surface area contributed by atoms with E-state index in [1.54, 1.807) is 12.1 Å². The average molecular weight is 305 g/mol. The minimum absolute atomic E-state index is 0.00551. The minimum Gasteiger partial charge on any atom is -0.388 e. The molecule has 112 valence electrons. The van der Waals surface area contributed by atoms with Gasteiger partial charge in [0.25, 0.3) is 0 Å². The molecule has 0 aliphatic rings. The summed E-state index contributed by atoms with van der Waals surface area (Å²) in [4.78, 5) is 11.9. The molecule has 1 heterocycles. The van der Waals surface area contributed by atoms with E-state index in [9.17, 15) is 9.90 Å². The molecule has 2 N–H and O–H groups in total. The highest BCUT2D eigenvalue weighted by atomic mass is 32.1. The molecule has 5 nitrogen and oxygen atoms in total. The Balaban J connectivity index is 1.94. The number of aliphatic hydroxyl groups excluding tert-OH is 1. The fourth-order valence-corrected chi connectivity index (χ4v) is 2.53. The van der Waals surface area contributed by atoms with Crippen molar-refractivity contribution in [3.8, 4) is 0 Å². The van der Waals surface area contributed by atoms with Gasteiger partial charge >= 0.3 is 0 Å². The Hall–Kier alpha value is -1.79. The highest BCUT2D eigenvalue weighted by Crippen LogP contribution is 2.28. The lowest BCUT2D eigenvalue weighted by Gasteiger charge is -2.12. The molecule has 6 heteroatoms. The summed E-state index contributed by atoms with van der Waals surface area (Å²) < 4.78 is 0. The third-order valence-electron chi connectivity index (χ3n) is 2.88. The fraction of sp³-hybridized carbons (Fsp3) is 0.400. The second-order valence-corrected chi connectivity index (χ2v) is 6.82. The maximum absolute atomic E-state index is 11.9. The molecule has 0 aliphatic heterocycles. The van der Waals surface area contributed by atoms with E-state index < -0.39 is 6.10 Å². The van der Waals surface area contributed by atoms with Crippen molar-refractivity contribution in [2.45, 2.75) is 38.7 Å². The summed E-state index contributed by atoms with van der Waals surface area (Å²) in [6.45, 7) is 6.12. The first-order chi connectivity index (χ1) is 9.86. The summed E-state index contributed by atoms with van der Waals surface area (Å²) >= 11 is 1.36. The van der Waals surface area contributed by atoms with Crippen molar-refractivity contribution < 1.29 is 9.90 Å². The van der Waals surface area contributed by atoms with Gasteiger partial charge in [0.15, 0.2) is 0 Å². The molecule has 2 rings (SSSR count). The van der Waals surface area contributed by atoms with Gasteiger partial charge in [0.05, 0.1) is 12.5 Å². The van der Waals surface area contributed by atoms with Crippen LogP contribution in [-0.2, 0) is 10.2 Å². The molecule has 21 heavy (non-hydrogen) atoms. The normalized spacial score (nSPS) is 13.0. The molecule has 0 radical (unpaired) electrons. The number of aliphatic hydroxyl groups is 1. The maximum atomic E-state index is 11.9. The monoisotopic (exact) mass is 305 g/mol. The van der Waals surface area contributed by atoms with Crippen molar-refractivity contribution >= 4 is 22.4 Å². The van der Waals surface area contributed by atoms with Crippen molar-refractivity contribution in [2.75, 3.05) is 5.32 Å². The van der Waals surface area contributed by atoms with Gasteiger partial charge in [-0.25, -0.2) is 0 Å². The molecule has 0 spiro atoms. The zero-order valence-corrected chi connectivity index (χ0v) is 13.1. The molecule has 0 saturated carbocycles. The van der Waals surface area contributed by atoms with E-state index in [-0.39, 0.29) is 17.7 Å². The number of aromatic nitrogens is 2. The van der Waals surface area contributed by atoms with Crippen LogP contribution >= 0.6 is 11.3 Å². The molecule has 1 amide bonds. The van der Waals surface area contributed by atoms with E-state index in [1.165, 1.54) is 11.3 Å². The van der Waals surface area contributed by atoms with Crippen LogP contribution in [0.1, 0.15) is 43.9 Å². The van der Waals surface area contributed by atoms with E-state index in [4.69, 9.17) is 0 Å². The number of rotatable bonds is 4. The number of carbonyl (C=O) groups excluding carboxylic acids is 1. The predicted octanol–water partition coefficient (Wildman–Crippen LogP) is 2.90. The maximum Gasteiger partial charge on any atom is 0.229 e. The summed E-state index contributed by atoms with van der Waals surface area (Å²) in [6.07, 6.45) is -0.824. The molecule has 2 aromatic rings. The van der Waals surface area contributed by atoms with Gasteiger partial charge in [0.2, 0.25) is 11.0 Å². The Morgan fingerprint density at radius 2 is 1.95 bits per heavy atom. The number of anilines is 1. The third-order valence-corrected chi connectivity index (χ3v) is 4.14. The highest BCUT2D eigenvalue weighted by molar-refractivity contribution is 7.15. The van der Waals surface area contributed by atoms with Gasteiger partial charge in [-0.3, -0.25) is 4.79 Å². The molecule has 1 aromatic carbocycles. The first-order valence-corrected chi connectivity index (χ1v) is 7.55. The molecule has 0 bridgehead atoms. The Morgan fingerprint density at radius 3 is 2.52 bits per heavy atom. The second-order valence-electron chi connectivity index (χ2n) is 5.84. The molecule has 1 aromatic heterocycles. The molecule has 1 atom stereocenters. The summed E-state index contributed by atoms with van der Waals surface area (Å²) in [6, 6.07) is 9.11. The Kier molecular flexibility index (Phi) is 4.69. The third kappa shape index (κ3) is 4.34. The smallest absolute Gasteiger partial charge is 0.229 e. The van der Waals surface area contributed by atoms with Crippen LogP contribution in [0.15, 0.2) is 30.3 Å². The number of carbonyl (C=O) groups is 1. The standard InChI is InChI=1S/C15H19N3O2S/c1-15(2,3)13-17-18-14(21-13)16-12(20)9-11(19)10-7-5-4-6-8-10/h4-8,11,19H,9H2,1-3H3,(H,16,18,20). The molecular weight excluding hydrogens is 286 g/mol. The molecular formula is C15H19N3O2S. The Labute approximate surface area is 128 Å². The van der Waals surface area contributed by atoms with E-state index in [0.717, 1.165) is 10.6 Å². The van der Waals surface area contributed by atoms with Crippen molar-refractivity contribution in [2.24, 2.45) is 0 Å². The zero-order valence-electron chi connectivity index (χ0n) is 12.3. The van der Waals surface area contributed by atoms with Crippen LogP contribution in [0.3, 0.4) is 0 Å². The van der Waals surface area contributed by atoms with Crippen LogP contribution in [0.25, 0.3) is 0 Å². The van der Waals surface area contributed by atoms with Gasteiger partial charge in [-0.15, -0.1) is 10.2 Å². The predicted molar refractivity (Wildman–Crippen MR) is 83.3 cm³/mol. The van der Waals surface area contributed by atoms with Gasteiger partial charge in [-0.1, -0.05) is 62.4 Å². The number of benzene rings is 1. The summed E-state index contributed by atoms with van der Waals surface area (Å²) in [5, 5.41) is 22.0. The van der Waals surface area contributed by atoms with Gasteiger partial charge in [-0.2, -0.15) is 0 Å². The first kappa shape index (κ1) is 15.6. The van der Waals surface area contributed by atoms with Crippen molar-refractivity contribution in [3.63, 3.8) is 0 Å². The molecule has 0 aliphatic carbocycles. The van der Waals surface area contributed by atoms with Crippen molar-refractivity contribution in [3.05, 3.63) is 40.9 Å². The lowest BCUT2D eigenvalue weighted by molar-refractivity contribution is -0.118. The van der Waals surface area contributed by atoms with Gasteiger partial charge < -0.3 is 10.4 Å². The molecule has 0 saturated heterocycles. The first-order valence-electron chi connectivity index (χ1n) is 6.73. The quantitative estimate of drug-likeness (QED) is 0.910. The second kappa shape index (κ2) is 6.32. The lowest BCUT2D eigenvalue weighted by atomic mass is 9.98. The van der Waals surface area contributed by atoms with E-state index in [1.807, 2.05) is 39.0 Å². The largest absolute Gasteiger partial charge is 0.388 e. The number of amides is 1. The van der Waals surface area contributed by atoms with Crippen molar-refractivity contribution in [1.82, 2.24) is 10.2 Å². The van der Waals surface area contributed by atoms with E-state index >= 15 is 0 Å². The number of nitrogens with zero attached hydrogens (tertiary/aromatic N) is 2. The minimum atomic E-state index is -0.818. The Morgan fingerprint density at radius 1 is 1.29 bits per heavy atom. The van der Waals surface area contributed by atoms with E-state index in [0.29, 0.717) is 5.13 Å².